The Balaban J connectivity index is 1.92. The average Bonchev–Trinajstić information content (AvgIpc) is 3.01. The molecule has 182 valence electrons. The van der Waals surface area contributed by atoms with Gasteiger partial charge in [-0.15, -0.1) is 13.2 Å². The molecule has 4 rings (SSSR count). The van der Waals surface area contributed by atoms with Crippen molar-refractivity contribution in [1.29, 1.82) is 0 Å². The molecule has 0 N–H and O–H groups in total. The molecule has 1 aromatic heterocycles. The number of aryl methyl sites for hydroxylation is 1. The molecule has 6 nitrogen and oxygen atoms in total. The van der Waals surface area contributed by atoms with E-state index in [1.165, 1.54) is 24.4 Å². The number of hydrogen-bond donors (Lipinski definition) is 0. The van der Waals surface area contributed by atoms with E-state index in [4.69, 9.17) is 0 Å². The van der Waals surface area contributed by atoms with E-state index in [1.54, 1.807) is 24.3 Å². The summed E-state index contributed by atoms with van der Waals surface area (Å²) in [4.78, 5) is 8.44. The van der Waals surface area contributed by atoms with Gasteiger partial charge in [-0.05, 0) is 62.3 Å². The van der Waals surface area contributed by atoms with Crippen molar-refractivity contribution >= 4 is 26.4 Å². The van der Waals surface area contributed by atoms with E-state index in [2.05, 4.69) is 14.6 Å². The number of sulfone groups is 1. The predicted molar refractivity (Wildman–Crippen MR) is 124 cm³/mol. The number of alkyl halides is 3. The zero-order valence-corrected chi connectivity index (χ0v) is 19.8. The Bertz CT molecular complexity index is 1280. The smallest absolute Gasteiger partial charge is 0.406 e. The van der Waals surface area contributed by atoms with Gasteiger partial charge in [-0.1, -0.05) is 19.1 Å². The molecule has 34 heavy (non-hydrogen) atoms. The Morgan fingerprint density at radius 3 is 2.44 bits per heavy atom. The first-order chi connectivity index (χ1) is 16.1. The summed E-state index contributed by atoms with van der Waals surface area (Å²) in [6.07, 6.45) is -2.01. The van der Waals surface area contributed by atoms with E-state index in [0.717, 1.165) is 24.9 Å². The second-order valence-electron chi connectivity index (χ2n) is 8.34. The minimum atomic E-state index is -4.86. The molecule has 3 aromatic rings. The van der Waals surface area contributed by atoms with Gasteiger partial charge in [0.05, 0.1) is 16.1 Å². The van der Waals surface area contributed by atoms with Crippen molar-refractivity contribution in [3.8, 4) is 5.75 Å². The van der Waals surface area contributed by atoms with Crippen LogP contribution in [-0.4, -0.2) is 57.9 Å². The summed E-state index contributed by atoms with van der Waals surface area (Å²) in [7, 11) is -2.01. The topological polar surface area (TPSA) is 62.7 Å². The van der Waals surface area contributed by atoms with E-state index in [-0.39, 0.29) is 9.79 Å². The van der Waals surface area contributed by atoms with Gasteiger partial charge in [-0.25, -0.2) is 8.42 Å². The molecule has 0 spiro atoms. The molecule has 10 heteroatoms. The third-order valence-electron chi connectivity index (χ3n) is 5.98. The number of hydrogen-bond acceptors (Lipinski definition) is 6. The maximum absolute atomic E-state index is 13.7. The molecule has 2 aromatic carbocycles. The van der Waals surface area contributed by atoms with Crippen LogP contribution in [0.5, 0.6) is 5.75 Å². The van der Waals surface area contributed by atoms with Crippen molar-refractivity contribution in [2.75, 3.05) is 38.1 Å². The second kappa shape index (κ2) is 9.42. The van der Waals surface area contributed by atoms with Crippen LogP contribution in [0.3, 0.4) is 0 Å². The number of halogens is 3. The maximum Gasteiger partial charge on any atom is 0.573 e. The van der Waals surface area contributed by atoms with Gasteiger partial charge in [0.15, 0.2) is 0 Å². The van der Waals surface area contributed by atoms with Crippen molar-refractivity contribution in [1.82, 2.24) is 9.88 Å². The van der Waals surface area contributed by atoms with Gasteiger partial charge in [0.2, 0.25) is 9.84 Å². The van der Waals surface area contributed by atoms with E-state index in [1.807, 2.05) is 18.9 Å². The summed E-state index contributed by atoms with van der Waals surface area (Å²) >= 11 is 0. The number of aromatic nitrogens is 1. The summed E-state index contributed by atoms with van der Waals surface area (Å²) in [5.74, 6) is -0.420. The van der Waals surface area contributed by atoms with Crippen LogP contribution in [0, 0.1) is 0 Å². The summed E-state index contributed by atoms with van der Waals surface area (Å²) in [5.41, 5.74) is 1.75. The Hall–Kier alpha value is -2.85. The number of rotatable bonds is 5. The quantitative estimate of drug-likeness (QED) is 0.515. The summed E-state index contributed by atoms with van der Waals surface area (Å²) in [5, 5.41) is 0.303. The molecule has 0 aliphatic carbocycles. The van der Waals surface area contributed by atoms with E-state index < -0.39 is 21.9 Å². The highest BCUT2D eigenvalue weighted by Gasteiger charge is 2.32. The van der Waals surface area contributed by atoms with Gasteiger partial charge in [-0.3, -0.25) is 4.98 Å². The fourth-order valence-electron chi connectivity index (χ4n) is 4.16. The first kappa shape index (κ1) is 24.3. The van der Waals surface area contributed by atoms with Crippen LogP contribution in [0.15, 0.2) is 58.5 Å². The van der Waals surface area contributed by atoms with Crippen LogP contribution in [-0.2, 0) is 16.3 Å². The standard InChI is InChI=1S/C24H26F3N3O3S/c1-3-17-5-8-19(9-6-17)34(31,32)22-16-28-21-10-7-18(33-24(25,26)27)15-20(21)23(22)30-12-4-11-29(2)13-14-30/h5-10,15-16H,3-4,11-14H2,1-2H3. The number of pyridine rings is 1. The highest BCUT2D eigenvalue weighted by Crippen LogP contribution is 2.38. The molecule has 1 fully saturated rings. The third-order valence-corrected chi connectivity index (χ3v) is 7.75. The lowest BCUT2D eigenvalue weighted by Crippen LogP contribution is -2.30. The molecule has 1 saturated heterocycles. The molecule has 0 radical (unpaired) electrons. The molecule has 0 amide bonds. The van der Waals surface area contributed by atoms with E-state index in [0.29, 0.717) is 36.2 Å². The van der Waals surface area contributed by atoms with E-state index >= 15 is 0 Å². The van der Waals surface area contributed by atoms with Gasteiger partial charge in [0, 0.05) is 31.2 Å². The van der Waals surface area contributed by atoms with Crippen LogP contribution >= 0.6 is 0 Å². The van der Waals surface area contributed by atoms with Gasteiger partial charge >= 0.3 is 6.36 Å². The first-order valence-electron chi connectivity index (χ1n) is 11.0. The van der Waals surface area contributed by atoms with Crippen LogP contribution in [0.1, 0.15) is 18.9 Å². The minimum absolute atomic E-state index is 0.0297. The second-order valence-corrected chi connectivity index (χ2v) is 10.3. The zero-order valence-electron chi connectivity index (χ0n) is 19.0. The number of ether oxygens (including phenoxy) is 1. The summed E-state index contributed by atoms with van der Waals surface area (Å²) in [6.45, 7) is 4.59. The lowest BCUT2D eigenvalue weighted by Gasteiger charge is -2.27. The highest BCUT2D eigenvalue weighted by molar-refractivity contribution is 7.91. The van der Waals surface area contributed by atoms with Crippen LogP contribution in [0.4, 0.5) is 18.9 Å². The fourth-order valence-corrected chi connectivity index (χ4v) is 5.59. The Kier molecular flexibility index (Phi) is 6.73. The number of fused-ring (bicyclic) bond motifs is 1. The maximum atomic E-state index is 13.7. The molecule has 2 heterocycles. The Labute approximate surface area is 196 Å². The zero-order chi connectivity index (χ0) is 24.5. The van der Waals surface area contributed by atoms with Crippen molar-refractivity contribution in [2.45, 2.75) is 35.9 Å². The molecule has 0 atom stereocenters. The number of nitrogens with zero attached hydrogens (tertiary/aromatic N) is 3. The van der Waals surface area contributed by atoms with Crippen LogP contribution in [0.2, 0.25) is 0 Å². The van der Waals surface area contributed by atoms with Crippen molar-refractivity contribution in [3.05, 3.63) is 54.2 Å². The lowest BCUT2D eigenvalue weighted by molar-refractivity contribution is -0.274. The monoisotopic (exact) mass is 493 g/mol. The number of likely N-dealkylation sites (N-methyl/N-ethyl adjacent to an activating group) is 1. The normalized spacial score (nSPS) is 16.0. The van der Waals surface area contributed by atoms with Crippen LogP contribution in [0.25, 0.3) is 10.9 Å². The number of anilines is 1. The van der Waals surface area contributed by atoms with Crippen molar-refractivity contribution in [3.63, 3.8) is 0 Å². The van der Waals surface area contributed by atoms with Gasteiger partial charge < -0.3 is 14.5 Å². The summed E-state index contributed by atoms with van der Waals surface area (Å²) in [6, 6.07) is 10.5. The molecule has 0 saturated carbocycles. The first-order valence-corrected chi connectivity index (χ1v) is 12.5. The summed E-state index contributed by atoms with van der Waals surface area (Å²) < 4.78 is 70.2. The van der Waals surface area contributed by atoms with E-state index in [9.17, 15) is 21.6 Å². The molecule has 0 unspecified atom stereocenters. The van der Waals surface area contributed by atoms with Crippen molar-refractivity contribution < 1.29 is 26.3 Å². The third kappa shape index (κ3) is 5.12. The van der Waals surface area contributed by atoms with Crippen molar-refractivity contribution in [2.24, 2.45) is 0 Å². The molecule has 1 aliphatic rings. The average molecular weight is 494 g/mol. The molecular weight excluding hydrogens is 467 g/mol. The van der Waals surface area contributed by atoms with Gasteiger partial charge in [0.1, 0.15) is 10.6 Å². The lowest BCUT2D eigenvalue weighted by atomic mass is 10.1. The number of benzene rings is 2. The Morgan fingerprint density at radius 1 is 1.03 bits per heavy atom. The van der Waals surface area contributed by atoms with Gasteiger partial charge in [0.25, 0.3) is 0 Å². The fraction of sp³-hybridized carbons (Fsp3) is 0.375. The van der Waals surface area contributed by atoms with Gasteiger partial charge in [-0.2, -0.15) is 0 Å². The van der Waals surface area contributed by atoms with Crippen LogP contribution < -0.4 is 9.64 Å². The SMILES string of the molecule is CCc1ccc(S(=O)(=O)c2cnc3ccc(OC(F)(F)F)cc3c2N2CCCN(C)CC2)cc1. The predicted octanol–water partition coefficient (Wildman–Crippen LogP) is 4.67. The molecule has 0 bridgehead atoms. The Morgan fingerprint density at radius 2 is 1.76 bits per heavy atom. The molecular formula is C24H26F3N3O3S. The molecule has 1 aliphatic heterocycles. The largest absolute Gasteiger partial charge is 0.573 e. The minimum Gasteiger partial charge on any atom is -0.406 e. The highest BCUT2D eigenvalue weighted by atomic mass is 32.2.